The number of pyridine rings is 1. The Morgan fingerprint density at radius 3 is 2.79 bits per heavy atom. The lowest BCUT2D eigenvalue weighted by Crippen LogP contribution is -2.14. The summed E-state index contributed by atoms with van der Waals surface area (Å²) in [7, 11) is 0. The zero-order valence-electron chi connectivity index (χ0n) is 10.2. The van der Waals surface area contributed by atoms with Gasteiger partial charge in [0.05, 0.1) is 5.52 Å². The highest BCUT2D eigenvalue weighted by Crippen LogP contribution is 2.12. The summed E-state index contributed by atoms with van der Waals surface area (Å²) in [6, 6.07) is 11.2. The van der Waals surface area contributed by atoms with Gasteiger partial charge in [-0.3, -0.25) is 15.2 Å². The lowest BCUT2D eigenvalue weighted by molar-refractivity contribution is 0.102. The number of aryl methyl sites for hydroxylation is 1. The van der Waals surface area contributed by atoms with Crippen molar-refractivity contribution in [1.29, 1.82) is 0 Å². The van der Waals surface area contributed by atoms with Crippen LogP contribution in [-0.4, -0.2) is 26.1 Å². The molecule has 94 valence electrons. The van der Waals surface area contributed by atoms with Gasteiger partial charge < -0.3 is 0 Å². The number of para-hydroxylation sites is 1. The minimum atomic E-state index is -0.329. The normalized spacial score (nSPS) is 10.6. The number of carbonyl (C=O) groups excluding carboxylic acids is 1. The fourth-order valence-corrected chi connectivity index (χ4v) is 1.76. The maximum Gasteiger partial charge on any atom is 0.276 e. The van der Waals surface area contributed by atoms with Gasteiger partial charge in [-0.25, -0.2) is 4.98 Å². The van der Waals surface area contributed by atoms with E-state index in [1.807, 2.05) is 30.3 Å². The van der Waals surface area contributed by atoms with Crippen molar-refractivity contribution in [2.45, 2.75) is 6.92 Å². The number of hydrogen-bond acceptors (Lipinski definition) is 4. The molecular weight excluding hydrogens is 242 g/mol. The zero-order chi connectivity index (χ0) is 13.2. The summed E-state index contributed by atoms with van der Waals surface area (Å²) in [5, 5.41) is 10.1. The Morgan fingerprint density at radius 1 is 1.16 bits per heavy atom. The second kappa shape index (κ2) is 4.49. The molecule has 2 aromatic heterocycles. The van der Waals surface area contributed by atoms with Gasteiger partial charge in [0, 0.05) is 5.39 Å². The Morgan fingerprint density at radius 2 is 2.00 bits per heavy atom. The third-order valence-corrected chi connectivity index (χ3v) is 2.65. The number of aromatic amines is 1. The molecule has 2 heterocycles. The van der Waals surface area contributed by atoms with E-state index in [2.05, 4.69) is 25.5 Å². The Bertz CT molecular complexity index is 749. The molecule has 19 heavy (non-hydrogen) atoms. The third kappa shape index (κ3) is 2.28. The molecule has 6 heteroatoms. The SMILES string of the molecule is Cc1nc(NC(=O)c2ccc3ccccc3n2)n[nH]1. The van der Waals surface area contributed by atoms with Crippen molar-refractivity contribution in [1.82, 2.24) is 20.2 Å². The molecule has 3 rings (SSSR count). The average molecular weight is 253 g/mol. The van der Waals surface area contributed by atoms with E-state index in [9.17, 15) is 4.79 Å². The van der Waals surface area contributed by atoms with Crippen LogP contribution in [0.15, 0.2) is 36.4 Å². The number of nitrogens with zero attached hydrogens (tertiary/aromatic N) is 3. The third-order valence-electron chi connectivity index (χ3n) is 2.65. The Kier molecular flexibility index (Phi) is 2.68. The summed E-state index contributed by atoms with van der Waals surface area (Å²) in [6.45, 7) is 1.76. The van der Waals surface area contributed by atoms with Crippen LogP contribution in [0.5, 0.6) is 0 Å². The molecule has 0 saturated carbocycles. The number of carbonyl (C=O) groups is 1. The first kappa shape index (κ1) is 11.3. The summed E-state index contributed by atoms with van der Waals surface area (Å²) in [6.07, 6.45) is 0. The minimum Gasteiger partial charge on any atom is -0.288 e. The molecular formula is C13H11N5O. The quantitative estimate of drug-likeness (QED) is 0.730. The second-order valence-electron chi connectivity index (χ2n) is 4.09. The number of benzene rings is 1. The molecule has 0 aliphatic rings. The summed E-state index contributed by atoms with van der Waals surface area (Å²) >= 11 is 0. The van der Waals surface area contributed by atoms with Crippen LogP contribution in [0.4, 0.5) is 5.95 Å². The summed E-state index contributed by atoms with van der Waals surface area (Å²) in [4.78, 5) is 20.3. The highest BCUT2D eigenvalue weighted by atomic mass is 16.2. The predicted molar refractivity (Wildman–Crippen MR) is 70.8 cm³/mol. The van der Waals surface area contributed by atoms with Crippen molar-refractivity contribution < 1.29 is 4.79 Å². The smallest absolute Gasteiger partial charge is 0.276 e. The van der Waals surface area contributed by atoms with E-state index in [4.69, 9.17) is 0 Å². The van der Waals surface area contributed by atoms with Crippen molar-refractivity contribution in [2.75, 3.05) is 5.32 Å². The molecule has 3 aromatic rings. The molecule has 0 radical (unpaired) electrons. The van der Waals surface area contributed by atoms with Crippen LogP contribution in [-0.2, 0) is 0 Å². The Balaban J connectivity index is 1.89. The van der Waals surface area contributed by atoms with Crippen LogP contribution in [0.1, 0.15) is 16.3 Å². The van der Waals surface area contributed by atoms with E-state index in [0.29, 0.717) is 11.5 Å². The van der Waals surface area contributed by atoms with Crippen LogP contribution in [0, 0.1) is 6.92 Å². The monoisotopic (exact) mass is 253 g/mol. The number of hydrogen-bond donors (Lipinski definition) is 2. The number of nitrogens with one attached hydrogen (secondary N) is 2. The van der Waals surface area contributed by atoms with Crippen molar-refractivity contribution in [2.24, 2.45) is 0 Å². The first-order valence-corrected chi connectivity index (χ1v) is 5.78. The van der Waals surface area contributed by atoms with Gasteiger partial charge >= 0.3 is 0 Å². The molecule has 0 aliphatic carbocycles. The van der Waals surface area contributed by atoms with Crippen LogP contribution >= 0.6 is 0 Å². The molecule has 0 bridgehead atoms. The molecule has 2 N–H and O–H groups in total. The van der Waals surface area contributed by atoms with E-state index in [-0.39, 0.29) is 11.9 Å². The van der Waals surface area contributed by atoms with E-state index in [0.717, 1.165) is 10.9 Å². The molecule has 1 aromatic carbocycles. The van der Waals surface area contributed by atoms with Gasteiger partial charge in [-0.05, 0) is 19.1 Å². The molecule has 0 spiro atoms. The van der Waals surface area contributed by atoms with E-state index >= 15 is 0 Å². The molecule has 6 nitrogen and oxygen atoms in total. The van der Waals surface area contributed by atoms with E-state index < -0.39 is 0 Å². The van der Waals surface area contributed by atoms with Crippen LogP contribution in [0.2, 0.25) is 0 Å². The first-order chi connectivity index (χ1) is 9.22. The number of fused-ring (bicyclic) bond motifs is 1. The molecule has 0 atom stereocenters. The fraction of sp³-hybridized carbons (Fsp3) is 0.0769. The maximum atomic E-state index is 12.0. The summed E-state index contributed by atoms with van der Waals surface area (Å²) < 4.78 is 0. The zero-order valence-corrected chi connectivity index (χ0v) is 10.2. The molecule has 0 fully saturated rings. The van der Waals surface area contributed by atoms with Gasteiger partial charge in [0.15, 0.2) is 0 Å². The van der Waals surface area contributed by atoms with Gasteiger partial charge in [0.25, 0.3) is 5.91 Å². The molecule has 0 unspecified atom stereocenters. The summed E-state index contributed by atoms with van der Waals surface area (Å²) in [5.74, 6) is 0.559. The first-order valence-electron chi connectivity index (χ1n) is 5.78. The number of anilines is 1. The van der Waals surface area contributed by atoms with Gasteiger partial charge in [-0.1, -0.05) is 24.3 Å². The molecule has 0 saturated heterocycles. The highest BCUT2D eigenvalue weighted by Gasteiger charge is 2.10. The predicted octanol–water partition coefficient (Wildman–Crippen LogP) is 1.91. The number of rotatable bonds is 2. The minimum absolute atomic E-state index is 0.248. The summed E-state index contributed by atoms with van der Waals surface area (Å²) in [5.41, 5.74) is 1.11. The standard InChI is InChI=1S/C13H11N5O/c1-8-14-13(18-17-8)16-12(19)11-7-6-9-4-2-3-5-10(9)15-11/h2-7H,1H3,(H2,14,16,17,18,19). The fourth-order valence-electron chi connectivity index (χ4n) is 1.76. The molecule has 0 aliphatic heterocycles. The Labute approximate surface area is 108 Å². The highest BCUT2D eigenvalue weighted by molar-refractivity contribution is 6.03. The lowest BCUT2D eigenvalue weighted by Gasteiger charge is -2.02. The molecule has 1 amide bonds. The van der Waals surface area contributed by atoms with Crippen molar-refractivity contribution in [3.63, 3.8) is 0 Å². The van der Waals surface area contributed by atoms with Crippen LogP contribution in [0.25, 0.3) is 10.9 Å². The number of amides is 1. The lowest BCUT2D eigenvalue weighted by atomic mass is 10.2. The second-order valence-corrected chi connectivity index (χ2v) is 4.09. The average Bonchev–Trinajstić information content (AvgIpc) is 2.83. The van der Waals surface area contributed by atoms with Crippen molar-refractivity contribution in [3.8, 4) is 0 Å². The number of H-pyrrole nitrogens is 1. The largest absolute Gasteiger partial charge is 0.288 e. The van der Waals surface area contributed by atoms with Crippen LogP contribution < -0.4 is 5.32 Å². The van der Waals surface area contributed by atoms with Gasteiger partial charge in [0.2, 0.25) is 5.95 Å². The number of aromatic nitrogens is 4. The van der Waals surface area contributed by atoms with Crippen molar-refractivity contribution >= 4 is 22.8 Å². The van der Waals surface area contributed by atoms with Gasteiger partial charge in [0.1, 0.15) is 11.5 Å². The van der Waals surface area contributed by atoms with Gasteiger partial charge in [-0.2, -0.15) is 4.98 Å². The van der Waals surface area contributed by atoms with E-state index in [1.165, 1.54) is 0 Å². The maximum absolute atomic E-state index is 12.0. The van der Waals surface area contributed by atoms with Gasteiger partial charge in [-0.15, -0.1) is 5.10 Å². The van der Waals surface area contributed by atoms with E-state index in [1.54, 1.807) is 13.0 Å². The van der Waals surface area contributed by atoms with Crippen molar-refractivity contribution in [3.05, 3.63) is 47.9 Å². The Hall–Kier alpha value is -2.76. The topological polar surface area (TPSA) is 83.6 Å². The van der Waals surface area contributed by atoms with Crippen LogP contribution in [0.3, 0.4) is 0 Å².